The summed E-state index contributed by atoms with van der Waals surface area (Å²) in [4.78, 5) is 0. The van der Waals surface area contributed by atoms with Gasteiger partial charge in [-0.1, -0.05) is 0 Å². The predicted octanol–water partition coefficient (Wildman–Crippen LogP) is 2.89. The van der Waals surface area contributed by atoms with Crippen molar-refractivity contribution in [2.75, 3.05) is 12.4 Å². The summed E-state index contributed by atoms with van der Waals surface area (Å²) in [5.74, 6) is 0.795. The molecule has 5 nitrogen and oxygen atoms in total. The molecular weight excluding hydrogens is 296 g/mol. The van der Waals surface area contributed by atoms with E-state index in [1.54, 1.807) is 37.6 Å². The molecule has 0 bridgehead atoms. The molecule has 2 aromatic carbocycles. The Morgan fingerprint density at radius 3 is 2.45 bits per heavy atom. The molecule has 0 aliphatic carbocycles. The average molecular weight is 310 g/mol. The second-order valence-corrected chi connectivity index (χ2v) is 4.69. The Hall–Kier alpha value is -2.91. The number of methoxy groups -OCH3 is 1. The highest BCUT2D eigenvalue weighted by Gasteiger charge is 1.96. The number of anilines is 1. The van der Waals surface area contributed by atoms with Crippen molar-refractivity contribution in [1.82, 2.24) is 5.43 Å². The van der Waals surface area contributed by atoms with Crippen molar-refractivity contribution in [1.29, 1.82) is 5.26 Å². The Bertz CT molecular complexity index is 702. The molecule has 2 rings (SSSR count). The van der Waals surface area contributed by atoms with Crippen LogP contribution in [0.1, 0.15) is 11.1 Å². The van der Waals surface area contributed by atoms with Gasteiger partial charge in [0.25, 0.3) is 0 Å². The van der Waals surface area contributed by atoms with Crippen molar-refractivity contribution in [2.45, 2.75) is 0 Å². The topological polar surface area (TPSA) is 69.4 Å². The normalized spacial score (nSPS) is 10.0. The SMILES string of the molecule is COc1ccc(C=NNC(=S)Nc2ccc(C#N)cc2)cc1. The molecule has 0 saturated carbocycles. The average Bonchev–Trinajstić information content (AvgIpc) is 2.56. The lowest BCUT2D eigenvalue weighted by Crippen LogP contribution is -2.23. The van der Waals surface area contributed by atoms with E-state index in [1.165, 1.54) is 0 Å². The zero-order chi connectivity index (χ0) is 15.8. The van der Waals surface area contributed by atoms with E-state index in [2.05, 4.69) is 21.9 Å². The van der Waals surface area contributed by atoms with Crippen LogP contribution >= 0.6 is 12.2 Å². The van der Waals surface area contributed by atoms with E-state index in [4.69, 9.17) is 22.2 Å². The first-order chi connectivity index (χ1) is 10.7. The first-order valence-electron chi connectivity index (χ1n) is 6.45. The van der Waals surface area contributed by atoms with Crippen molar-refractivity contribution in [2.24, 2.45) is 5.10 Å². The van der Waals surface area contributed by atoms with Gasteiger partial charge in [0, 0.05) is 5.69 Å². The molecule has 6 heteroatoms. The summed E-state index contributed by atoms with van der Waals surface area (Å²) in [6.07, 6.45) is 1.66. The number of nitrogens with zero attached hydrogens (tertiary/aromatic N) is 2. The van der Waals surface area contributed by atoms with Crippen LogP contribution in [0.3, 0.4) is 0 Å². The highest BCUT2D eigenvalue weighted by atomic mass is 32.1. The molecule has 110 valence electrons. The lowest BCUT2D eigenvalue weighted by Gasteiger charge is -2.06. The van der Waals surface area contributed by atoms with E-state index < -0.39 is 0 Å². The molecule has 0 spiro atoms. The summed E-state index contributed by atoms with van der Waals surface area (Å²) in [5, 5.41) is 16.1. The fraction of sp³-hybridized carbons (Fsp3) is 0.0625. The van der Waals surface area contributed by atoms with E-state index in [-0.39, 0.29) is 0 Å². The number of benzene rings is 2. The van der Waals surface area contributed by atoms with Gasteiger partial charge in [-0.25, -0.2) is 0 Å². The third-order valence-electron chi connectivity index (χ3n) is 2.77. The number of nitrogens with one attached hydrogen (secondary N) is 2. The van der Waals surface area contributed by atoms with Gasteiger partial charge in [-0.2, -0.15) is 10.4 Å². The lowest BCUT2D eigenvalue weighted by molar-refractivity contribution is 0.415. The first-order valence-corrected chi connectivity index (χ1v) is 6.86. The van der Waals surface area contributed by atoms with Crippen LogP contribution in [0.25, 0.3) is 0 Å². The fourth-order valence-corrected chi connectivity index (χ4v) is 1.81. The third-order valence-corrected chi connectivity index (χ3v) is 2.96. The van der Waals surface area contributed by atoms with Gasteiger partial charge in [0.15, 0.2) is 5.11 Å². The van der Waals surface area contributed by atoms with Gasteiger partial charge >= 0.3 is 0 Å². The summed E-state index contributed by atoms with van der Waals surface area (Å²) < 4.78 is 5.08. The minimum Gasteiger partial charge on any atom is -0.497 e. The van der Waals surface area contributed by atoms with Gasteiger partial charge in [-0.15, -0.1) is 0 Å². The van der Waals surface area contributed by atoms with Gasteiger partial charge in [-0.05, 0) is 66.3 Å². The van der Waals surface area contributed by atoms with Gasteiger partial charge in [-0.3, -0.25) is 5.43 Å². The number of hydrogen-bond donors (Lipinski definition) is 2. The second kappa shape index (κ2) is 7.76. The molecule has 0 aliphatic rings. The van der Waals surface area contributed by atoms with Crippen LogP contribution in [0.2, 0.25) is 0 Å². The number of hydrogen-bond acceptors (Lipinski definition) is 4. The highest BCUT2D eigenvalue weighted by Crippen LogP contribution is 2.10. The van der Waals surface area contributed by atoms with Crippen LogP contribution < -0.4 is 15.5 Å². The standard InChI is InChI=1S/C16H14N4OS/c1-21-15-8-4-13(5-9-15)11-18-20-16(22)19-14-6-2-12(10-17)3-7-14/h2-9,11H,1H3,(H2,19,20,22). The third kappa shape index (κ3) is 4.58. The smallest absolute Gasteiger partial charge is 0.191 e. The maximum atomic E-state index is 8.73. The van der Waals surface area contributed by atoms with E-state index in [0.717, 1.165) is 17.0 Å². The Morgan fingerprint density at radius 1 is 1.18 bits per heavy atom. The van der Waals surface area contributed by atoms with Crippen LogP contribution in [0, 0.1) is 11.3 Å². The monoisotopic (exact) mass is 310 g/mol. The maximum Gasteiger partial charge on any atom is 0.191 e. The van der Waals surface area contributed by atoms with Crippen LogP contribution in [0.4, 0.5) is 5.69 Å². The molecule has 0 radical (unpaired) electrons. The summed E-state index contributed by atoms with van der Waals surface area (Å²) >= 11 is 5.13. The van der Waals surface area contributed by atoms with E-state index in [1.807, 2.05) is 24.3 Å². The molecule has 0 saturated heterocycles. The molecule has 0 amide bonds. The zero-order valence-corrected chi connectivity index (χ0v) is 12.7. The van der Waals surface area contributed by atoms with Crippen molar-refractivity contribution >= 4 is 29.2 Å². The molecule has 2 aromatic rings. The van der Waals surface area contributed by atoms with Crippen LogP contribution in [0.5, 0.6) is 5.75 Å². The van der Waals surface area contributed by atoms with Gasteiger partial charge in [0.2, 0.25) is 0 Å². The minimum absolute atomic E-state index is 0.370. The Balaban J connectivity index is 1.86. The minimum atomic E-state index is 0.370. The molecule has 0 aliphatic heterocycles. The number of rotatable bonds is 4. The van der Waals surface area contributed by atoms with Crippen LogP contribution in [-0.4, -0.2) is 18.4 Å². The Labute approximate surface area is 134 Å². The maximum absolute atomic E-state index is 8.73. The molecule has 0 unspecified atom stereocenters. The van der Waals surface area contributed by atoms with Gasteiger partial charge in [0.1, 0.15) is 5.75 Å². The molecule has 22 heavy (non-hydrogen) atoms. The molecular formula is C16H14N4OS. The van der Waals surface area contributed by atoms with Crippen molar-refractivity contribution in [3.8, 4) is 11.8 Å². The van der Waals surface area contributed by atoms with Crippen molar-refractivity contribution in [3.63, 3.8) is 0 Å². The summed E-state index contributed by atoms with van der Waals surface area (Å²) in [5.41, 5.74) is 5.04. The second-order valence-electron chi connectivity index (χ2n) is 4.29. The first kappa shape index (κ1) is 15.5. The largest absolute Gasteiger partial charge is 0.497 e. The van der Waals surface area contributed by atoms with Gasteiger partial charge in [0.05, 0.1) is 25.0 Å². The molecule has 0 fully saturated rings. The number of thiocarbonyl (C=S) groups is 1. The lowest BCUT2D eigenvalue weighted by atomic mass is 10.2. The highest BCUT2D eigenvalue weighted by molar-refractivity contribution is 7.80. The fourth-order valence-electron chi connectivity index (χ4n) is 1.64. The Kier molecular flexibility index (Phi) is 5.46. The number of ether oxygens (including phenoxy) is 1. The summed E-state index contributed by atoms with van der Waals surface area (Å²) in [7, 11) is 1.62. The predicted molar refractivity (Wildman–Crippen MR) is 91.1 cm³/mol. The van der Waals surface area contributed by atoms with E-state index in [9.17, 15) is 0 Å². The molecule has 0 aromatic heterocycles. The summed E-state index contributed by atoms with van der Waals surface area (Å²) in [6.45, 7) is 0. The van der Waals surface area contributed by atoms with Crippen LogP contribution in [0.15, 0.2) is 53.6 Å². The zero-order valence-electron chi connectivity index (χ0n) is 11.9. The van der Waals surface area contributed by atoms with Crippen LogP contribution in [-0.2, 0) is 0 Å². The number of hydrazone groups is 1. The van der Waals surface area contributed by atoms with E-state index in [0.29, 0.717) is 10.7 Å². The number of nitriles is 1. The molecule has 0 heterocycles. The Morgan fingerprint density at radius 2 is 1.86 bits per heavy atom. The van der Waals surface area contributed by atoms with E-state index >= 15 is 0 Å². The van der Waals surface area contributed by atoms with Crippen molar-refractivity contribution < 1.29 is 4.74 Å². The van der Waals surface area contributed by atoms with Gasteiger partial charge < -0.3 is 10.1 Å². The van der Waals surface area contributed by atoms with Crippen molar-refractivity contribution in [3.05, 3.63) is 59.7 Å². The quantitative estimate of drug-likeness (QED) is 0.516. The summed E-state index contributed by atoms with van der Waals surface area (Å²) in [6, 6.07) is 16.5. The molecule has 0 atom stereocenters. The molecule has 2 N–H and O–H groups in total.